The largest absolute Gasteiger partial charge is 0.464 e. The van der Waals surface area contributed by atoms with Crippen molar-refractivity contribution in [2.75, 3.05) is 19.7 Å². The molecule has 0 spiro atoms. The zero-order valence-corrected chi connectivity index (χ0v) is 15.4. The molecule has 0 aliphatic carbocycles. The van der Waals surface area contributed by atoms with Gasteiger partial charge in [-0.15, -0.1) is 0 Å². The van der Waals surface area contributed by atoms with Gasteiger partial charge >= 0.3 is 12.1 Å². The van der Waals surface area contributed by atoms with E-state index in [4.69, 9.17) is 4.74 Å². The maximum Gasteiger partial charge on any atom is 0.416 e. The van der Waals surface area contributed by atoms with Crippen LogP contribution in [0.3, 0.4) is 0 Å². The summed E-state index contributed by atoms with van der Waals surface area (Å²) in [4.78, 5) is 23.1. The summed E-state index contributed by atoms with van der Waals surface area (Å²) in [5.74, 6) is -1.83. The molecule has 1 fully saturated rings. The van der Waals surface area contributed by atoms with E-state index in [1.54, 1.807) is 6.92 Å². The zero-order valence-electron chi connectivity index (χ0n) is 14.6. The number of esters is 1. The Morgan fingerprint density at radius 3 is 2.52 bits per heavy atom. The molecule has 1 heterocycles. The predicted octanol–water partition coefficient (Wildman–Crippen LogP) is 1.39. The van der Waals surface area contributed by atoms with Gasteiger partial charge in [0, 0.05) is 13.1 Å². The minimum atomic E-state index is -4.66. The van der Waals surface area contributed by atoms with Gasteiger partial charge in [-0.2, -0.15) is 17.5 Å². The molecular formula is C16H19F3N2O5S. The molecule has 1 aromatic rings. The van der Waals surface area contributed by atoms with Crippen molar-refractivity contribution in [3.63, 3.8) is 0 Å². The predicted molar refractivity (Wildman–Crippen MR) is 87.9 cm³/mol. The Kier molecular flexibility index (Phi) is 6.15. The second-order valence-electron chi connectivity index (χ2n) is 6.03. The third-order valence-electron chi connectivity index (χ3n) is 4.02. The van der Waals surface area contributed by atoms with Crippen molar-refractivity contribution >= 4 is 21.9 Å². The highest BCUT2D eigenvalue weighted by molar-refractivity contribution is 7.89. The van der Waals surface area contributed by atoms with Crippen LogP contribution in [0.25, 0.3) is 0 Å². The normalized spacial score (nSPS) is 17.1. The molecule has 1 unspecified atom stereocenters. The molecule has 0 saturated carbocycles. The number of amides is 1. The number of hydrogen-bond acceptors (Lipinski definition) is 5. The fraction of sp³-hybridized carbons (Fsp3) is 0.500. The first-order chi connectivity index (χ1) is 12.5. The Balaban J connectivity index is 2.00. The molecule has 1 saturated heterocycles. The molecule has 7 nitrogen and oxygen atoms in total. The lowest BCUT2D eigenvalue weighted by molar-refractivity contribution is -0.147. The standard InChI is InChI=1S/C16H19F3N2O5S/c1-3-26-15(23)10(2)20-14(22)11-8-21(9-11)27(24,25)13-6-4-5-12(7-13)16(17,18)19/h4-7,10-11H,3,8-9H2,1-2H3,(H,20,22). The number of carbonyl (C=O) groups is 2. The van der Waals surface area contributed by atoms with Crippen LogP contribution in [-0.2, 0) is 30.5 Å². The van der Waals surface area contributed by atoms with Crippen LogP contribution in [0.2, 0.25) is 0 Å². The highest BCUT2D eigenvalue weighted by Crippen LogP contribution is 2.32. The zero-order chi connectivity index (χ0) is 20.4. The summed E-state index contributed by atoms with van der Waals surface area (Å²) >= 11 is 0. The van der Waals surface area contributed by atoms with E-state index in [1.807, 2.05) is 0 Å². The Morgan fingerprint density at radius 2 is 1.96 bits per heavy atom. The second-order valence-corrected chi connectivity index (χ2v) is 7.96. The van der Waals surface area contributed by atoms with E-state index in [0.717, 1.165) is 22.5 Å². The quantitative estimate of drug-likeness (QED) is 0.719. The van der Waals surface area contributed by atoms with Gasteiger partial charge in [0.05, 0.1) is 23.0 Å². The van der Waals surface area contributed by atoms with Crippen LogP contribution >= 0.6 is 0 Å². The van der Waals surface area contributed by atoms with Gasteiger partial charge < -0.3 is 10.1 Å². The van der Waals surface area contributed by atoms with Crippen LogP contribution in [-0.4, -0.2) is 50.3 Å². The fourth-order valence-corrected chi connectivity index (χ4v) is 4.02. The minimum Gasteiger partial charge on any atom is -0.464 e. The number of ether oxygens (including phenoxy) is 1. The number of nitrogens with one attached hydrogen (secondary N) is 1. The maximum absolute atomic E-state index is 12.8. The van der Waals surface area contributed by atoms with Crippen LogP contribution < -0.4 is 5.32 Å². The van der Waals surface area contributed by atoms with Crippen LogP contribution in [0, 0.1) is 5.92 Å². The van der Waals surface area contributed by atoms with E-state index in [2.05, 4.69) is 5.32 Å². The van der Waals surface area contributed by atoms with Crippen LogP contribution in [0.15, 0.2) is 29.2 Å². The molecule has 1 N–H and O–H groups in total. The SMILES string of the molecule is CCOC(=O)C(C)NC(=O)C1CN(S(=O)(=O)c2cccc(C(F)(F)F)c2)C1. The Hall–Kier alpha value is -2.14. The molecule has 27 heavy (non-hydrogen) atoms. The summed E-state index contributed by atoms with van der Waals surface area (Å²) in [5, 5.41) is 2.42. The monoisotopic (exact) mass is 408 g/mol. The van der Waals surface area contributed by atoms with Gasteiger partial charge in [-0.25, -0.2) is 13.2 Å². The number of sulfonamides is 1. The lowest BCUT2D eigenvalue weighted by atomic mass is 10.0. The topological polar surface area (TPSA) is 92.8 Å². The smallest absolute Gasteiger partial charge is 0.416 e. The first-order valence-corrected chi connectivity index (χ1v) is 9.55. The number of benzene rings is 1. The number of halogens is 3. The van der Waals surface area contributed by atoms with Gasteiger partial charge in [-0.1, -0.05) is 6.07 Å². The molecule has 1 aliphatic rings. The highest BCUT2D eigenvalue weighted by atomic mass is 32.2. The molecule has 0 radical (unpaired) electrons. The van der Waals surface area contributed by atoms with Crippen molar-refractivity contribution in [2.45, 2.75) is 31.0 Å². The maximum atomic E-state index is 12.8. The van der Waals surface area contributed by atoms with Crippen LogP contribution in [0.1, 0.15) is 19.4 Å². The number of nitrogens with zero attached hydrogens (tertiary/aromatic N) is 1. The second kappa shape index (κ2) is 7.85. The van der Waals surface area contributed by atoms with E-state index >= 15 is 0 Å². The van der Waals surface area contributed by atoms with Crippen molar-refractivity contribution in [2.24, 2.45) is 5.92 Å². The summed E-state index contributed by atoms with van der Waals surface area (Å²) in [7, 11) is -4.14. The Morgan fingerprint density at radius 1 is 1.33 bits per heavy atom. The fourth-order valence-electron chi connectivity index (χ4n) is 2.44. The van der Waals surface area contributed by atoms with E-state index in [0.29, 0.717) is 6.07 Å². The van der Waals surface area contributed by atoms with Crippen molar-refractivity contribution in [3.05, 3.63) is 29.8 Å². The van der Waals surface area contributed by atoms with Gasteiger partial charge in [-0.3, -0.25) is 4.79 Å². The molecular weight excluding hydrogens is 389 g/mol. The van der Waals surface area contributed by atoms with Gasteiger partial charge in [-0.05, 0) is 32.0 Å². The van der Waals surface area contributed by atoms with Crippen molar-refractivity contribution in [1.82, 2.24) is 9.62 Å². The molecule has 1 atom stereocenters. The summed E-state index contributed by atoms with van der Waals surface area (Å²) < 4.78 is 68.8. The van der Waals surface area contributed by atoms with Gasteiger partial charge in [0.2, 0.25) is 15.9 Å². The first kappa shape index (κ1) is 21.2. The van der Waals surface area contributed by atoms with Gasteiger partial charge in [0.15, 0.2) is 0 Å². The van der Waals surface area contributed by atoms with E-state index in [1.165, 1.54) is 6.92 Å². The number of rotatable bonds is 6. The molecule has 2 rings (SSSR count). The number of hydrogen-bond donors (Lipinski definition) is 1. The third-order valence-corrected chi connectivity index (χ3v) is 5.84. The molecule has 1 aromatic carbocycles. The summed E-state index contributed by atoms with van der Waals surface area (Å²) in [5.41, 5.74) is -1.07. The molecule has 0 bridgehead atoms. The summed E-state index contributed by atoms with van der Waals surface area (Å²) in [6, 6.07) is 2.54. The summed E-state index contributed by atoms with van der Waals surface area (Å²) in [6.45, 7) is 2.85. The highest BCUT2D eigenvalue weighted by Gasteiger charge is 2.42. The molecule has 1 amide bonds. The molecule has 11 heteroatoms. The molecule has 150 valence electrons. The van der Waals surface area contributed by atoms with Crippen molar-refractivity contribution in [1.29, 1.82) is 0 Å². The number of alkyl halides is 3. The van der Waals surface area contributed by atoms with Crippen LogP contribution in [0.4, 0.5) is 13.2 Å². The average molecular weight is 408 g/mol. The minimum absolute atomic E-state index is 0.158. The van der Waals surface area contributed by atoms with Crippen LogP contribution in [0.5, 0.6) is 0 Å². The molecule has 0 aromatic heterocycles. The third kappa shape index (κ3) is 4.78. The Bertz CT molecular complexity index is 820. The Labute approximate surface area is 154 Å². The van der Waals surface area contributed by atoms with Crippen molar-refractivity contribution in [3.8, 4) is 0 Å². The first-order valence-electron chi connectivity index (χ1n) is 8.11. The lowest BCUT2D eigenvalue weighted by Crippen LogP contribution is -2.57. The van der Waals surface area contributed by atoms with Gasteiger partial charge in [0.1, 0.15) is 6.04 Å². The van der Waals surface area contributed by atoms with E-state index in [9.17, 15) is 31.2 Å². The summed E-state index contributed by atoms with van der Waals surface area (Å²) in [6.07, 6.45) is -4.66. The van der Waals surface area contributed by atoms with Crippen molar-refractivity contribution < 1.29 is 35.9 Å². The lowest BCUT2D eigenvalue weighted by Gasteiger charge is -2.37. The van der Waals surface area contributed by atoms with Gasteiger partial charge in [0.25, 0.3) is 0 Å². The number of carbonyl (C=O) groups excluding carboxylic acids is 2. The van der Waals surface area contributed by atoms with E-state index in [-0.39, 0.29) is 19.7 Å². The van der Waals surface area contributed by atoms with E-state index < -0.39 is 50.5 Å². The molecule has 1 aliphatic heterocycles. The average Bonchev–Trinajstić information content (AvgIpc) is 2.52.